The Bertz CT molecular complexity index is 808. The Morgan fingerprint density at radius 2 is 1.82 bits per heavy atom. The molecular weight excluding hydrogens is 298 g/mol. The molecule has 0 aliphatic rings. The molecule has 1 unspecified atom stereocenters. The van der Waals surface area contributed by atoms with Crippen molar-refractivity contribution in [3.05, 3.63) is 42.5 Å². The number of hydrogen-bond donors (Lipinski definition) is 2. The topological polar surface area (TPSA) is 98.5 Å². The fraction of sp³-hybridized carbons (Fsp3) is 0.312. The molecule has 4 N–H and O–H groups in total. The predicted molar refractivity (Wildman–Crippen MR) is 89.4 cm³/mol. The minimum atomic E-state index is -3.29. The molecule has 2 rings (SSSR count). The zero-order chi connectivity index (χ0) is 16.3. The Morgan fingerprint density at radius 1 is 1.18 bits per heavy atom. The van der Waals surface area contributed by atoms with Gasteiger partial charge in [-0.25, -0.2) is 9.35 Å². The van der Waals surface area contributed by atoms with Crippen molar-refractivity contribution in [1.82, 2.24) is 0 Å². The van der Waals surface area contributed by atoms with Gasteiger partial charge < -0.3 is 5.73 Å². The van der Waals surface area contributed by atoms with Gasteiger partial charge in [0, 0.05) is 0 Å². The van der Waals surface area contributed by atoms with Crippen LogP contribution in [0.5, 0.6) is 0 Å². The highest BCUT2D eigenvalue weighted by molar-refractivity contribution is 7.91. The Hall–Kier alpha value is -1.76. The van der Waals surface area contributed by atoms with Crippen LogP contribution in [0.15, 0.2) is 51.7 Å². The second kappa shape index (κ2) is 6.56. The molecule has 0 aromatic heterocycles. The number of nitrogens with zero attached hydrogens (tertiary/aromatic N) is 1. The monoisotopic (exact) mass is 319 g/mol. The van der Waals surface area contributed by atoms with Gasteiger partial charge in [-0.1, -0.05) is 44.2 Å². The molecule has 2 aromatic carbocycles. The van der Waals surface area contributed by atoms with Crippen LogP contribution < -0.4 is 10.9 Å². The third kappa shape index (κ3) is 3.91. The first-order valence-corrected chi connectivity index (χ1v) is 8.70. The fourth-order valence-corrected chi connectivity index (χ4v) is 3.28. The molecule has 2 aromatic rings. The van der Waals surface area contributed by atoms with Crippen molar-refractivity contribution in [2.24, 2.45) is 21.2 Å². The number of hydrogen-bond acceptors (Lipinski definition) is 3. The maximum Gasteiger partial charge on any atom is 0.271 e. The molecule has 0 saturated carbocycles. The number of carbonyl (C=O) groups excluding carboxylic acids is 1. The molecule has 118 valence electrons. The number of carbonyl (C=O) groups is 1. The summed E-state index contributed by atoms with van der Waals surface area (Å²) >= 11 is 0. The van der Waals surface area contributed by atoms with Crippen LogP contribution in [0, 0.1) is 5.92 Å². The third-order valence-electron chi connectivity index (χ3n) is 3.33. The summed E-state index contributed by atoms with van der Waals surface area (Å²) in [5.41, 5.74) is 5.77. The van der Waals surface area contributed by atoms with E-state index < -0.39 is 21.9 Å². The van der Waals surface area contributed by atoms with Gasteiger partial charge in [0.05, 0.1) is 10.9 Å². The van der Waals surface area contributed by atoms with E-state index in [4.69, 9.17) is 10.9 Å². The van der Waals surface area contributed by atoms with Crippen LogP contribution in [-0.2, 0) is 14.7 Å². The van der Waals surface area contributed by atoms with Gasteiger partial charge in [-0.2, -0.15) is 0 Å². The lowest BCUT2D eigenvalue weighted by atomic mass is 10.0. The Kier molecular flexibility index (Phi) is 4.95. The van der Waals surface area contributed by atoms with Gasteiger partial charge >= 0.3 is 0 Å². The molecule has 0 saturated heterocycles. The van der Waals surface area contributed by atoms with Crippen molar-refractivity contribution in [2.75, 3.05) is 0 Å². The molecule has 0 fully saturated rings. The van der Waals surface area contributed by atoms with E-state index in [0.29, 0.717) is 11.3 Å². The van der Waals surface area contributed by atoms with Crippen LogP contribution in [0.1, 0.15) is 20.3 Å². The molecule has 0 radical (unpaired) electrons. The molecule has 2 atom stereocenters. The molecule has 22 heavy (non-hydrogen) atoms. The van der Waals surface area contributed by atoms with E-state index in [1.165, 1.54) is 0 Å². The van der Waals surface area contributed by atoms with Crippen molar-refractivity contribution in [2.45, 2.75) is 31.2 Å². The first-order chi connectivity index (χ1) is 10.3. The van der Waals surface area contributed by atoms with Crippen LogP contribution >= 0.6 is 0 Å². The van der Waals surface area contributed by atoms with E-state index in [9.17, 15) is 9.00 Å². The smallest absolute Gasteiger partial charge is 0.271 e. The summed E-state index contributed by atoms with van der Waals surface area (Å²) in [7, 11) is -3.29. The highest BCUT2D eigenvalue weighted by Crippen LogP contribution is 2.19. The maximum atomic E-state index is 12.6. The lowest BCUT2D eigenvalue weighted by Gasteiger charge is -2.11. The summed E-state index contributed by atoms with van der Waals surface area (Å²) in [6, 6.07) is 12.0. The Labute approximate surface area is 131 Å². The zero-order valence-electron chi connectivity index (χ0n) is 12.7. The molecule has 0 heterocycles. The highest BCUT2D eigenvalue weighted by atomic mass is 32.2. The minimum Gasteiger partial charge on any atom is -0.320 e. The number of nitrogens with two attached hydrogens (primary N) is 2. The average Bonchev–Trinajstić information content (AvgIpc) is 2.45. The molecule has 0 aliphatic heterocycles. The second-order valence-electron chi connectivity index (χ2n) is 5.74. The largest absolute Gasteiger partial charge is 0.320 e. The lowest BCUT2D eigenvalue weighted by Crippen LogP contribution is -2.32. The molecule has 1 amide bonds. The van der Waals surface area contributed by atoms with Crippen LogP contribution in [-0.4, -0.2) is 16.2 Å². The van der Waals surface area contributed by atoms with Crippen LogP contribution in [0.3, 0.4) is 0 Å². The summed E-state index contributed by atoms with van der Waals surface area (Å²) in [6.07, 6.45) is 0.482. The normalized spacial score (nSPS) is 15.5. The van der Waals surface area contributed by atoms with Gasteiger partial charge in [0.25, 0.3) is 5.91 Å². The van der Waals surface area contributed by atoms with E-state index in [1.807, 2.05) is 44.2 Å². The van der Waals surface area contributed by atoms with Crippen molar-refractivity contribution in [3.63, 3.8) is 0 Å². The van der Waals surface area contributed by atoms with E-state index in [1.54, 1.807) is 12.1 Å². The Balaban J connectivity index is 2.36. The van der Waals surface area contributed by atoms with Gasteiger partial charge in [-0.15, -0.1) is 4.36 Å². The van der Waals surface area contributed by atoms with E-state index in [2.05, 4.69) is 4.36 Å². The molecule has 5 nitrogen and oxygen atoms in total. The minimum absolute atomic E-state index is 0.253. The summed E-state index contributed by atoms with van der Waals surface area (Å²) in [5, 5.41) is 7.68. The van der Waals surface area contributed by atoms with E-state index >= 15 is 0 Å². The third-order valence-corrected chi connectivity index (χ3v) is 4.71. The molecule has 0 bridgehead atoms. The van der Waals surface area contributed by atoms with Crippen molar-refractivity contribution in [1.29, 1.82) is 0 Å². The van der Waals surface area contributed by atoms with Crippen LogP contribution in [0.25, 0.3) is 10.8 Å². The summed E-state index contributed by atoms with van der Waals surface area (Å²) in [5.74, 6) is -0.363. The highest BCUT2D eigenvalue weighted by Gasteiger charge is 2.18. The number of benzene rings is 2. The predicted octanol–water partition coefficient (Wildman–Crippen LogP) is 2.44. The van der Waals surface area contributed by atoms with Gasteiger partial charge in [0.15, 0.2) is 0 Å². The number of fused-ring (bicyclic) bond motifs is 1. The first-order valence-electron chi connectivity index (χ1n) is 7.13. The lowest BCUT2D eigenvalue weighted by molar-refractivity contribution is -0.119. The SMILES string of the molecule is CC(C)C[C@H](N)C(=O)N=S(N)(=O)c1ccc2ccccc2c1. The van der Waals surface area contributed by atoms with Crippen LogP contribution in [0.2, 0.25) is 0 Å². The first kappa shape index (κ1) is 16.6. The van der Waals surface area contributed by atoms with Crippen LogP contribution in [0.4, 0.5) is 0 Å². The van der Waals surface area contributed by atoms with Gasteiger partial charge in [0.1, 0.15) is 9.92 Å². The quantitative estimate of drug-likeness (QED) is 0.905. The molecular formula is C16H21N3O2S. The molecule has 6 heteroatoms. The van der Waals surface area contributed by atoms with Crippen molar-refractivity contribution >= 4 is 26.6 Å². The van der Waals surface area contributed by atoms with E-state index in [-0.39, 0.29) is 5.92 Å². The van der Waals surface area contributed by atoms with Crippen molar-refractivity contribution in [3.8, 4) is 0 Å². The standard InChI is InChI=1S/C16H21N3O2S/c1-11(2)9-15(17)16(20)19-22(18,21)14-8-7-12-5-3-4-6-13(12)10-14/h3-8,10-11,15H,9,17H2,1-2H3,(H2,18,19,20,21)/t15-,22?/m0/s1. The number of rotatable bonds is 4. The molecule has 0 spiro atoms. The average molecular weight is 319 g/mol. The second-order valence-corrected chi connectivity index (χ2v) is 7.53. The maximum absolute atomic E-state index is 12.6. The summed E-state index contributed by atoms with van der Waals surface area (Å²) in [6.45, 7) is 3.91. The summed E-state index contributed by atoms with van der Waals surface area (Å²) < 4.78 is 16.2. The van der Waals surface area contributed by atoms with Crippen molar-refractivity contribution < 1.29 is 9.00 Å². The van der Waals surface area contributed by atoms with Gasteiger partial charge in [0.2, 0.25) is 0 Å². The zero-order valence-corrected chi connectivity index (χ0v) is 13.5. The number of amides is 1. The van der Waals surface area contributed by atoms with Gasteiger partial charge in [-0.3, -0.25) is 4.79 Å². The van der Waals surface area contributed by atoms with E-state index in [0.717, 1.165) is 10.8 Å². The Morgan fingerprint density at radius 3 is 2.45 bits per heavy atom. The summed E-state index contributed by atoms with van der Waals surface area (Å²) in [4.78, 5) is 12.3. The fourth-order valence-electron chi connectivity index (χ4n) is 2.21. The molecule has 0 aliphatic carbocycles. The van der Waals surface area contributed by atoms with Gasteiger partial charge in [-0.05, 0) is 35.2 Å².